The molecule has 2 rings (SSSR count). The minimum Gasteiger partial charge on any atom is -0.469 e. The van der Waals surface area contributed by atoms with E-state index in [-0.39, 0.29) is 6.04 Å². The van der Waals surface area contributed by atoms with Crippen molar-refractivity contribution in [2.24, 2.45) is 0 Å². The number of furan rings is 1. The molecule has 92 valence electrons. The van der Waals surface area contributed by atoms with Crippen molar-refractivity contribution in [2.45, 2.75) is 33.2 Å². The Morgan fingerprint density at radius 2 is 2.12 bits per heavy atom. The van der Waals surface area contributed by atoms with Gasteiger partial charge in [-0.3, -0.25) is 0 Å². The van der Waals surface area contributed by atoms with E-state index in [1.54, 1.807) is 6.26 Å². The molecule has 2 aromatic heterocycles. The molecule has 0 radical (unpaired) electrons. The van der Waals surface area contributed by atoms with Gasteiger partial charge < -0.3 is 9.73 Å². The van der Waals surface area contributed by atoms with Crippen LogP contribution in [0.25, 0.3) is 0 Å². The van der Waals surface area contributed by atoms with E-state index in [0.717, 1.165) is 18.7 Å². The van der Waals surface area contributed by atoms with Crippen LogP contribution in [0.2, 0.25) is 0 Å². The van der Waals surface area contributed by atoms with Gasteiger partial charge in [0.05, 0.1) is 12.3 Å². The van der Waals surface area contributed by atoms with Crippen molar-refractivity contribution in [2.75, 3.05) is 6.54 Å². The molecule has 17 heavy (non-hydrogen) atoms. The predicted molar refractivity (Wildman–Crippen MR) is 72.6 cm³/mol. The van der Waals surface area contributed by atoms with Gasteiger partial charge in [-0.2, -0.15) is 0 Å². The van der Waals surface area contributed by atoms with Crippen molar-refractivity contribution < 1.29 is 4.42 Å². The molecule has 0 saturated heterocycles. The zero-order valence-electron chi connectivity index (χ0n) is 10.6. The molecule has 1 N–H and O–H groups in total. The monoisotopic (exact) mass is 249 g/mol. The molecule has 0 amide bonds. The fourth-order valence-electron chi connectivity index (χ4n) is 1.96. The van der Waals surface area contributed by atoms with Gasteiger partial charge >= 0.3 is 0 Å². The average molecular weight is 249 g/mol. The number of rotatable bonds is 5. The second-order valence-electron chi connectivity index (χ2n) is 4.27. The van der Waals surface area contributed by atoms with Crippen LogP contribution in [0, 0.1) is 13.8 Å². The van der Waals surface area contributed by atoms with E-state index >= 15 is 0 Å². The lowest BCUT2D eigenvalue weighted by atomic mass is 10.1. The van der Waals surface area contributed by atoms with Gasteiger partial charge in [0.1, 0.15) is 5.76 Å². The fourth-order valence-corrected chi connectivity index (χ4v) is 2.93. The predicted octanol–water partition coefficient (Wildman–Crippen LogP) is 4.05. The summed E-state index contributed by atoms with van der Waals surface area (Å²) in [6, 6.07) is 6.72. The van der Waals surface area contributed by atoms with Crippen LogP contribution in [0.3, 0.4) is 0 Å². The molecular weight excluding hydrogens is 230 g/mol. The van der Waals surface area contributed by atoms with Crippen molar-refractivity contribution in [3.63, 3.8) is 0 Å². The second kappa shape index (κ2) is 5.52. The van der Waals surface area contributed by atoms with Crippen LogP contribution in [0.15, 0.2) is 28.9 Å². The maximum atomic E-state index is 5.42. The van der Waals surface area contributed by atoms with Crippen molar-refractivity contribution in [3.8, 4) is 0 Å². The molecule has 0 bridgehead atoms. The Hall–Kier alpha value is -1.06. The molecule has 0 aromatic carbocycles. The number of thiophene rings is 1. The molecule has 0 aliphatic rings. The second-order valence-corrected chi connectivity index (χ2v) is 5.59. The number of hydrogen-bond donors (Lipinski definition) is 1. The summed E-state index contributed by atoms with van der Waals surface area (Å²) in [5.41, 5.74) is 1.25. The Morgan fingerprint density at radius 3 is 2.65 bits per heavy atom. The van der Waals surface area contributed by atoms with Gasteiger partial charge in [-0.25, -0.2) is 0 Å². The highest BCUT2D eigenvalue weighted by atomic mass is 32.1. The van der Waals surface area contributed by atoms with Gasteiger partial charge in [-0.1, -0.05) is 6.92 Å². The van der Waals surface area contributed by atoms with Crippen LogP contribution in [-0.4, -0.2) is 6.54 Å². The lowest BCUT2D eigenvalue weighted by Crippen LogP contribution is -2.22. The molecule has 2 heterocycles. The molecule has 0 fully saturated rings. The fraction of sp³-hybridized carbons (Fsp3) is 0.429. The summed E-state index contributed by atoms with van der Waals surface area (Å²) in [7, 11) is 0. The van der Waals surface area contributed by atoms with Crippen LogP contribution in [0.1, 0.15) is 40.5 Å². The highest BCUT2D eigenvalue weighted by molar-refractivity contribution is 7.12. The van der Waals surface area contributed by atoms with Crippen LogP contribution in [0.5, 0.6) is 0 Å². The minimum atomic E-state index is 0.271. The molecule has 0 spiro atoms. The van der Waals surface area contributed by atoms with Gasteiger partial charge in [0, 0.05) is 15.3 Å². The Kier molecular flexibility index (Phi) is 4.02. The highest BCUT2D eigenvalue weighted by Gasteiger charge is 2.18. The third-order valence-corrected chi connectivity index (χ3v) is 3.92. The molecule has 1 atom stereocenters. The SMILES string of the molecule is CCCNC(c1ccc(C)s1)c1ccoc1C. The Morgan fingerprint density at radius 1 is 1.29 bits per heavy atom. The normalized spacial score (nSPS) is 12.9. The summed E-state index contributed by atoms with van der Waals surface area (Å²) in [6.45, 7) is 7.38. The minimum absolute atomic E-state index is 0.271. The van der Waals surface area contributed by atoms with Crippen molar-refractivity contribution in [1.82, 2.24) is 5.32 Å². The van der Waals surface area contributed by atoms with E-state index < -0.39 is 0 Å². The molecule has 3 heteroatoms. The van der Waals surface area contributed by atoms with E-state index in [0.29, 0.717) is 0 Å². The average Bonchev–Trinajstić information content (AvgIpc) is 2.90. The first-order valence-corrected chi connectivity index (χ1v) is 6.87. The molecule has 2 aromatic rings. The molecule has 1 unspecified atom stereocenters. The third-order valence-electron chi connectivity index (χ3n) is 2.85. The van der Waals surface area contributed by atoms with Gasteiger partial charge in [0.25, 0.3) is 0 Å². The Labute approximate surface area is 107 Å². The molecular formula is C14H19NOS. The summed E-state index contributed by atoms with van der Waals surface area (Å²) in [6.07, 6.45) is 2.91. The standard InChI is InChI=1S/C14H19NOS/c1-4-8-15-14(12-7-9-16-11(12)3)13-6-5-10(2)17-13/h5-7,9,14-15H,4,8H2,1-3H3. The molecule has 2 nitrogen and oxygen atoms in total. The topological polar surface area (TPSA) is 25.2 Å². The maximum Gasteiger partial charge on any atom is 0.105 e. The molecule has 0 aliphatic carbocycles. The molecule has 0 saturated carbocycles. The zero-order chi connectivity index (χ0) is 12.3. The number of aryl methyl sites for hydroxylation is 2. The summed E-state index contributed by atoms with van der Waals surface area (Å²) >= 11 is 1.85. The number of nitrogens with one attached hydrogen (secondary N) is 1. The Balaban J connectivity index is 2.28. The van der Waals surface area contributed by atoms with Crippen LogP contribution < -0.4 is 5.32 Å². The lowest BCUT2D eigenvalue weighted by Gasteiger charge is -2.16. The van der Waals surface area contributed by atoms with E-state index in [1.807, 2.05) is 18.3 Å². The summed E-state index contributed by atoms with van der Waals surface area (Å²) in [5.74, 6) is 1.00. The first kappa shape index (κ1) is 12.4. The quantitative estimate of drug-likeness (QED) is 0.865. The van der Waals surface area contributed by atoms with Crippen molar-refractivity contribution in [3.05, 3.63) is 45.5 Å². The zero-order valence-corrected chi connectivity index (χ0v) is 11.4. The smallest absolute Gasteiger partial charge is 0.105 e. The summed E-state index contributed by atoms with van der Waals surface area (Å²) in [4.78, 5) is 2.71. The van der Waals surface area contributed by atoms with Gasteiger partial charge in [0.2, 0.25) is 0 Å². The van der Waals surface area contributed by atoms with Gasteiger partial charge in [-0.05, 0) is 45.0 Å². The van der Waals surface area contributed by atoms with Crippen LogP contribution in [-0.2, 0) is 0 Å². The van der Waals surface area contributed by atoms with E-state index in [2.05, 4.69) is 37.4 Å². The molecule has 0 aliphatic heterocycles. The lowest BCUT2D eigenvalue weighted by molar-refractivity contribution is 0.518. The van der Waals surface area contributed by atoms with Crippen LogP contribution in [0.4, 0.5) is 0 Å². The third kappa shape index (κ3) is 2.79. The van der Waals surface area contributed by atoms with Crippen molar-refractivity contribution in [1.29, 1.82) is 0 Å². The highest BCUT2D eigenvalue weighted by Crippen LogP contribution is 2.30. The number of hydrogen-bond acceptors (Lipinski definition) is 3. The van der Waals surface area contributed by atoms with E-state index in [9.17, 15) is 0 Å². The Bertz CT molecular complexity index is 472. The van der Waals surface area contributed by atoms with Crippen molar-refractivity contribution >= 4 is 11.3 Å². The maximum absolute atomic E-state index is 5.42. The first-order chi connectivity index (χ1) is 8.22. The largest absolute Gasteiger partial charge is 0.469 e. The summed E-state index contributed by atoms with van der Waals surface area (Å²) in [5, 5.41) is 3.59. The van der Waals surface area contributed by atoms with E-state index in [4.69, 9.17) is 4.42 Å². The first-order valence-electron chi connectivity index (χ1n) is 6.06. The van der Waals surface area contributed by atoms with Gasteiger partial charge in [0.15, 0.2) is 0 Å². The van der Waals surface area contributed by atoms with Crippen LogP contribution >= 0.6 is 11.3 Å². The van der Waals surface area contributed by atoms with Gasteiger partial charge in [-0.15, -0.1) is 11.3 Å². The van der Waals surface area contributed by atoms with E-state index in [1.165, 1.54) is 15.3 Å². The summed E-state index contributed by atoms with van der Waals surface area (Å²) < 4.78 is 5.42.